The minimum absolute atomic E-state index is 0.0350. The highest BCUT2D eigenvalue weighted by atomic mass is 16.6. The van der Waals surface area contributed by atoms with Gasteiger partial charge in [-0.15, -0.1) is 0 Å². The SMILES string of the molecule is CC(C(=O)OC(C)(C)C)N1CC=C(c2ncc(N)c(C(=O)O)n2)CC1. The molecule has 1 aromatic rings. The van der Waals surface area contributed by atoms with Gasteiger partial charge >= 0.3 is 11.9 Å². The van der Waals surface area contributed by atoms with Gasteiger partial charge in [0.1, 0.15) is 11.6 Å². The minimum Gasteiger partial charge on any atom is -0.476 e. The first-order chi connectivity index (χ1) is 11.6. The molecule has 0 aromatic carbocycles. The number of esters is 1. The first-order valence-electron chi connectivity index (χ1n) is 8.10. The summed E-state index contributed by atoms with van der Waals surface area (Å²) in [7, 11) is 0. The average molecular weight is 348 g/mol. The van der Waals surface area contributed by atoms with Gasteiger partial charge in [0, 0.05) is 13.1 Å². The van der Waals surface area contributed by atoms with E-state index in [9.17, 15) is 9.59 Å². The minimum atomic E-state index is -1.18. The number of carbonyl (C=O) groups is 2. The van der Waals surface area contributed by atoms with Crippen molar-refractivity contribution in [3.05, 3.63) is 23.8 Å². The molecule has 0 saturated carbocycles. The zero-order valence-corrected chi connectivity index (χ0v) is 14.9. The number of carbonyl (C=O) groups excluding carboxylic acids is 1. The number of hydrogen-bond donors (Lipinski definition) is 2. The molecule has 1 aliphatic rings. The lowest BCUT2D eigenvalue weighted by atomic mass is 10.1. The Morgan fingerprint density at radius 2 is 2.08 bits per heavy atom. The molecule has 0 saturated heterocycles. The average Bonchev–Trinajstić information content (AvgIpc) is 2.53. The number of anilines is 1. The summed E-state index contributed by atoms with van der Waals surface area (Å²) in [4.78, 5) is 33.5. The maximum absolute atomic E-state index is 12.2. The van der Waals surface area contributed by atoms with E-state index in [-0.39, 0.29) is 23.4 Å². The van der Waals surface area contributed by atoms with Crippen molar-refractivity contribution in [1.82, 2.24) is 14.9 Å². The Kier molecular flexibility index (Phi) is 5.42. The van der Waals surface area contributed by atoms with Crippen molar-refractivity contribution in [3.63, 3.8) is 0 Å². The third kappa shape index (κ3) is 4.76. The molecule has 0 bridgehead atoms. The molecule has 3 N–H and O–H groups in total. The molecule has 0 fully saturated rings. The molecule has 136 valence electrons. The van der Waals surface area contributed by atoms with Crippen molar-refractivity contribution in [2.24, 2.45) is 0 Å². The fourth-order valence-electron chi connectivity index (χ4n) is 2.49. The Morgan fingerprint density at radius 1 is 1.40 bits per heavy atom. The number of rotatable bonds is 4. The molecule has 2 heterocycles. The summed E-state index contributed by atoms with van der Waals surface area (Å²) in [6, 6.07) is -0.362. The van der Waals surface area contributed by atoms with Crippen molar-refractivity contribution < 1.29 is 19.4 Å². The highest BCUT2D eigenvalue weighted by Crippen LogP contribution is 2.22. The molecule has 0 radical (unpaired) electrons. The topological polar surface area (TPSA) is 119 Å². The van der Waals surface area contributed by atoms with Crippen molar-refractivity contribution in [2.75, 3.05) is 18.8 Å². The molecular weight excluding hydrogens is 324 g/mol. The van der Waals surface area contributed by atoms with E-state index in [0.29, 0.717) is 25.3 Å². The zero-order valence-electron chi connectivity index (χ0n) is 14.9. The van der Waals surface area contributed by atoms with Crippen LogP contribution in [0.3, 0.4) is 0 Å². The van der Waals surface area contributed by atoms with E-state index < -0.39 is 11.6 Å². The van der Waals surface area contributed by atoms with E-state index in [4.69, 9.17) is 15.6 Å². The Hall–Kier alpha value is -2.48. The third-order valence-corrected chi connectivity index (χ3v) is 3.84. The van der Waals surface area contributed by atoms with Crippen LogP contribution in [0.15, 0.2) is 12.3 Å². The van der Waals surface area contributed by atoms with Gasteiger partial charge < -0.3 is 15.6 Å². The molecule has 1 unspecified atom stereocenters. The monoisotopic (exact) mass is 348 g/mol. The van der Waals surface area contributed by atoms with Gasteiger partial charge in [0.05, 0.1) is 11.9 Å². The van der Waals surface area contributed by atoms with Crippen LogP contribution in [0.5, 0.6) is 0 Å². The number of hydrogen-bond acceptors (Lipinski definition) is 7. The lowest BCUT2D eigenvalue weighted by Crippen LogP contribution is -2.44. The number of carboxylic acid groups (broad SMARTS) is 1. The van der Waals surface area contributed by atoms with E-state index in [2.05, 4.69) is 9.97 Å². The molecule has 25 heavy (non-hydrogen) atoms. The summed E-state index contributed by atoms with van der Waals surface area (Å²) < 4.78 is 5.41. The number of carboxylic acids is 1. The summed E-state index contributed by atoms with van der Waals surface area (Å²) in [6.45, 7) is 8.49. The van der Waals surface area contributed by atoms with Crippen LogP contribution >= 0.6 is 0 Å². The maximum atomic E-state index is 12.2. The van der Waals surface area contributed by atoms with Gasteiger partial charge in [0.25, 0.3) is 0 Å². The van der Waals surface area contributed by atoms with Gasteiger partial charge in [-0.1, -0.05) is 6.08 Å². The van der Waals surface area contributed by atoms with Gasteiger partial charge in [-0.2, -0.15) is 0 Å². The Labute approximate surface area is 146 Å². The Bertz CT molecular complexity index is 709. The molecule has 8 heteroatoms. The second-order valence-corrected chi connectivity index (χ2v) is 6.99. The second-order valence-electron chi connectivity index (χ2n) is 6.99. The van der Waals surface area contributed by atoms with E-state index >= 15 is 0 Å². The highest BCUT2D eigenvalue weighted by Gasteiger charge is 2.28. The number of nitrogens with zero attached hydrogens (tertiary/aromatic N) is 3. The van der Waals surface area contributed by atoms with Crippen LogP contribution < -0.4 is 5.73 Å². The van der Waals surface area contributed by atoms with Crippen molar-refractivity contribution >= 4 is 23.2 Å². The van der Waals surface area contributed by atoms with E-state index in [1.54, 1.807) is 0 Å². The highest BCUT2D eigenvalue weighted by molar-refractivity contribution is 5.91. The molecule has 1 atom stereocenters. The van der Waals surface area contributed by atoms with Crippen LogP contribution in [0.2, 0.25) is 0 Å². The van der Waals surface area contributed by atoms with E-state index in [1.165, 1.54) is 6.20 Å². The van der Waals surface area contributed by atoms with Crippen molar-refractivity contribution in [2.45, 2.75) is 45.8 Å². The molecule has 0 spiro atoms. The molecular formula is C17H24N4O4. The molecule has 0 aliphatic carbocycles. The number of nitrogen functional groups attached to an aromatic ring is 1. The standard InChI is InChI=1S/C17H24N4O4/c1-10(16(24)25-17(2,3)4)21-7-5-11(6-8-21)14-19-9-12(18)13(20-14)15(22)23/h5,9-10H,6-8,18H2,1-4H3,(H,22,23). The number of nitrogens with two attached hydrogens (primary N) is 1. The fraction of sp³-hybridized carbons (Fsp3) is 0.529. The van der Waals surface area contributed by atoms with Crippen LogP contribution in [0.25, 0.3) is 5.57 Å². The molecule has 1 aromatic heterocycles. The summed E-state index contributed by atoms with van der Waals surface area (Å²) in [6.07, 6.45) is 3.82. The third-order valence-electron chi connectivity index (χ3n) is 3.84. The predicted octanol–water partition coefficient (Wildman–Crippen LogP) is 1.58. The van der Waals surface area contributed by atoms with E-state index in [1.807, 2.05) is 38.7 Å². The van der Waals surface area contributed by atoms with E-state index in [0.717, 1.165) is 5.57 Å². The van der Waals surface area contributed by atoms with Gasteiger partial charge in [-0.3, -0.25) is 9.69 Å². The largest absolute Gasteiger partial charge is 0.476 e. The maximum Gasteiger partial charge on any atom is 0.356 e. The predicted molar refractivity (Wildman–Crippen MR) is 92.9 cm³/mol. The van der Waals surface area contributed by atoms with Crippen LogP contribution in [0.4, 0.5) is 5.69 Å². The van der Waals surface area contributed by atoms with Crippen LogP contribution in [0.1, 0.15) is 50.4 Å². The second kappa shape index (κ2) is 7.18. The summed E-state index contributed by atoms with van der Waals surface area (Å²) in [5.41, 5.74) is 5.74. The summed E-state index contributed by atoms with van der Waals surface area (Å²) in [5.74, 6) is -1.09. The smallest absolute Gasteiger partial charge is 0.356 e. The molecule has 0 amide bonds. The zero-order chi connectivity index (χ0) is 18.8. The van der Waals surface area contributed by atoms with Crippen LogP contribution in [0, 0.1) is 0 Å². The normalized spacial score (nSPS) is 16.9. The van der Waals surface area contributed by atoms with Crippen molar-refractivity contribution in [1.29, 1.82) is 0 Å². The first-order valence-corrected chi connectivity index (χ1v) is 8.10. The van der Waals surface area contributed by atoms with Gasteiger partial charge in [-0.25, -0.2) is 14.8 Å². The van der Waals surface area contributed by atoms with Gasteiger partial charge in [0.15, 0.2) is 11.5 Å². The van der Waals surface area contributed by atoms with Crippen LogP contribution in [-0.4, -0.2) is 56.6 Å². The first kappa shape index (κ1) is 18.9. The molecule has 1 aliphatic heterocycles. The molecule has 8 nitrogen and oxygen atoms in total. The van der Waals surface area contributed by atoms with Crippen LogP contribution in [-0.2, 0) is 9.53 Å². The number of aromatic carboxylic acids is 1. The number of aromatic nitrogens is 2. The summed E-state index contributed by atoms with van der Waals surface area (Å²) in [5, 5.41) is 9.11. The van der Waals surface area contributed by atoms with Gasteiger partial charge in [0.2, 0.25) is 0 Å². The van der Waals surface area contributed by atoms with Gasteiger partial charge in [-0.05, 0) is 39.7 Å². The Morgan fingerprint density at radius 3 is 2.60 bits per heavy atom. The van der Waals surface area contributed by atoms with Crippen molar-refractivity contribution in [3.8, 4) is 0 Å². The lowest BCUT2D eigenvalue weighted by Gasteiger charge is -2.32. The quantitative estimate of drug-likeness (QED) is 0.787. The lowest BCUT2D eigenvalue weighted by molar-refractivity contribution is -0.160. The number of ether oxygens (including phenoxy) is 1. The molecule has 2 rings (SSSR count). The summed E-state index contributed by atoms with van der Waals surface area (Å²) >= 11 is 0. The fourth-order valence-corrected chi connectivity index (χ4v) is 2.49. The Balaban J connectivity index is 2.09.